The molecule has 0 aliphatic heterocycles. The highest BCUT2D eigenvalue weighted by atomic mass is 79.9. The van der Waals surface area contributed by atoms with Gasteiger partial charge in [-0.05, 0) is 28.5 Å². The maximum atomic E-state index is 9.36. The van der Waals surface area contributed by atoms with Gasteiger partial charge in [-0.15, -0.1) is 0 Å². The van der Waals surface area contributed by atoms with Crippen molar-refractivity contribution in [3.05, 3.63) is 46.4 Å². The first-order chi connectivity index (χ1) is 7.53. The normalized spacial score (nSPS) is 12.0. The molecule has 2 aromatic carbocycles. The van der Waals surface area contributed by atoms with Crippen LogP contribution in [0.2, 0.25) is 0 Å². The highest BCUT2D eigenvalue weighted by Gasteiger charge is 2.19. The first-order valence-corrected chi connectivity index (χ1v) is 6.13. The van der Waals surface area contributed by atoms with Crippen molar-refractivity contribution in [1.29, 1.82) is 0 Å². The molecular weight excluding hydrogens is 264 g/mol. The van der Waals surface area contributed by atoms with Gasteiger partial charge in [0.1, 0.15) is 0 Å². The van der Waals surface area contributed by atoms with Crippen LogP contribution in [0.15, 0.2) is 40.9 Å². The summed E-state index contributed by atoms with van der Waals surface area (Å²) in [7, 11) is 0. The van der Waals surface area contributed by atoms with Crippen molar-refractivity contribution in [2.45, 2.75) is 19.3 Å². The topological polar surface area (TPSA) is 20.2 Å². The summed E-state index contributed by atoms with van der Waals surface area (Å²) in [5.74, 6) is 0. The van der Waals surface area contributed by atoms with Gasteiger partial charge in [0.15, 0.2) is 0 Å². The quantitative estimate of drug-likeness (QED) is 0.884. The molecule has 0 aromatic heterocycles. The molecule has 0 aliphatic carbocycles. The standard InChI is InChI=1S/C14H15BrO/c1-14(2,9-16)12-5-3-10-4-6-13(15)8-11(10)7-12/h3-8,16H,9H2,1-2H3. The van der Waals surface area contributed by atoms with Gasteiger partial charge in [0.05, 0.1) is 6.61 Å². The lowest BCUT2D eigenvalue weighted by Crippen LogP contribution is -2.21. The molecule has 0 aliphatic rings. The van der Waals surface area contributed by atoms with Gasteiger partial charge in [-0.25, -0.2) is 0 Å². The number of halogens is 1. The monoisotopic (exact) mass is 278 g/mol. The maximum absolute atomic E-state index is 9.36. The Morgan fingerprint density at radius 3 is 2.44 bits per heavy atom. The van der Waals surface area contributed by atoms with Gasteiger partial charge >= 0.3 is 0 Å². The second-order valence-corrected chi connectivity index (χ2v) is 5.66. The number of aliphatic hydroxyl groups is 1. The molecule has 16 heavy (non-hydrogen) atoms. The zero-order valence-electron chi connectivity index (χ0n) is 9.50. The van der Waals surface area contributed by atoms with Gasteiger partial charge in [-0.1, -0.05) is 54.0 Å². The van der Waals surface area contributed by atoms with Crippen LogP contribution in [-0.4, -0.2) is 11.7 Å². The van der Waals surface area contributed by atoms with E-state index in [1.54, 1.807) is 0 Å². The Morgan fingerprint density at radius 1 is 1.06 bits per heavy atom. The van der Waals surface area contributed by atoms with E-state index in [9.17, 15) is 5.11 Å². The van der Waals surface area contributed by atoms with Crippen LogP contribution in [0.3, 0.4) is 0 Å². The summed E-state index contributed by atoms with van der Waals surface area (Å²) in [4.78, 5) is 0. The first-order valence-electron chi connectivity index (χ1n) is 5.33. The Kier molecular flexibility index (Phi) is 3.04. The third kappa shape index (κ3) is 2.13. The lowest BCUT2D eigenvalue weighted by Gasteiger charge is -2.22. The SMILES string of the molecule is CC(C)(CO)c1ccc2ccc(Br)cc2c1. The molecule has 2 heteroatoms. The van der Waals surface area contributed by atoms with E-state index in [0.717, 1.165) is 4.47 Å². The molecule has 1 N–H and O–H groups in total. The average Bonchev–Trinajstić information content (AvgIpc) is 2.28. The van der Waals surface area contributed by atoms with Crippen LogP contribution in [-0.2, 0) is 5.41 Å². The molecule has 2 aromatic rings. The summed E-state index contributed by atoms with van der Waals surface area (Å²) in [5.41, 5.74) is 0.983. The Hall–Kier alpha value is -0.860. The molecule has 84 valence electrons. The van der Waals surface area contributed by atoms with Gasteiger partial charge < -0.3 is 5.11 Å². The second kappa shape index (κ2) is 4.19. The summed E-state index contributed by atoms with van der Waals surface area (Å²) in [6, 6.07) is 12.6. The first kappa shape index (κ1) is 11.6. The predicted octanol–water partition coefficient (Wildman–Crippen LogP) is 3.87. The average molecular weight is 279 g/mol. The van der Waals surface area contributed by atoms with Crippen LogP contribution in [0.5, 0.6) is 0 Å². The summed E-state index contributed by atoms with van der Waals surface area (Å²) >= 11 is 3.48. The van der Waals surface area contributed by atoms with Crippen LogP contribution in [0.25, 0.3) is 10.8 Å². The zero-order valence-corrected chi connectivity index (χ0v) is 11.1. The molecule has 0 radical (unpaired) electrons. The van der Waals surface area contributed by atoms with E-state index in [1.807, 2.05) is 19.9 Å². The highest BCUT2D eigenvalue weighted by Crippen LogP contribution is 2.27. The summed E-state index contributed by atoms with van der Waals surface area (Å²) in [5, 5.41) is 11.8. The number of aliphatic hydroxyl groups excluding tert-OH is 1. The fraction of sp³-hybridized carbons (Fsp3) is 0.286. The van der Waals surface area contributed by atoms with Gasteiger partial charge in [0.2, 0.25) is 0 Å². The van der Waals surface area contributed by atoms with Crippen molar-refractivity contribution < 1.29 is 5.11 Å². The molecule has 0 spiro atoms. The molecular formula is C14H15BrO. The van der Waals surface area contributed by atoms with Crippen molar-refractivity contribution in [1.82, 2.24) is 0 Å². The van der Waals surface area contributed by atoms with Gasteiger partial charge in [0.25, 0.3) is 0 Å². The van der Waals surface area contributed by atoms with Gasteiger partial charge in [0, 0.05) is 9.89 Å². The third-order valence-corrected chi connectivity index (χ3v) is 3.47. The van der Waals surface area contributed by atoms with E-state index >= 15 is 0 Å². The van der Waals surface area contributed by atoms with E-state index in [1.165, 1.54) is 16.3 Å². The minimum atomic E-state index is -0.184. The lowest BCUT2D eigenvalue weighted by molar-refractivity contribution is 0.218. The van der Waals surface area contributed by atoms with Crippen LogP contribution in [0, 0.1) is 0 Å². The van der Waals surface area contributed by atoms with E-state index < -0.39 is 0 Å². The molecule has 2 rings (SSSR count). The largest absolute Gasteiger partial charge is 0.395 e. The highest BCUT2D eigenvalue weighted by molar-refractivity contribution is 9.10. The molecule has 1 nitrogen and oxygen atoms in total. The molecule has 0 heterocycles. The summed E-state index contributed by atoms with van der Waals surface area (Å²) in [6.07, 6.45) is 0. The lowest BCUT2D eigenvalue weighted by atomic mass is 9.84. The molecule has 0 saturated heterocycles. The van der Waals surface area contributed by atoms with E-state index in [4.69, 9.17) is 0 Å². The Bertz CT molecular complexity index is 517. The van der Waals surface area contributed by atoms with Crippen LogP contribution < -0.4 is 0 Å². The van der Waals surface area contributed by atoms with Crippen molar-refractivity contribution >= 4 is 26.7 Å². The molecule has 0 saturated carbocycles. The smallest absolute Gasteiger partial charge is 0.0522 e. The second-order valence-electron chi connectivity index (χ2n) is 4.75. The fourth-order valence-electron chi connectivity index (χ4n) is 1.73. The summed E-state index contributed by atoms with van der Waals surface area (Å²) in [6.45, 7) is 4.25. The molecule has 0 unspecified atom stereocenters. The number of fused-ring (bicyclic) bond motifs is 1. The molecule has 0 atom stereocenters. The fourth-order valence-corrected chi connectivity index (χ4v) is 2.11. The Labute approximate surface area is 104 Å². The van der Waals surface area contributed by atoms with Crippen molar-refractivity contribution in [3.8, 4) is 0 Å². The number of hydrogen-bond donors (Lipinski definition) is 1. The van der Waals surface area contributed by atoms with Crippen LogP contribution >= 0.6 is 15.9 Å². The Morgan fingerprint density at radius 2 is 1.75 bits per heavy atom. The number of benzene rings is 2. The number of hydrogen-bond acceptors (Lipinski definition) is 1. The van der Waals surface area contributed by atoms with Crippen molar-refractivity contribution in [2.24, 2.45) is 0 Å². The van der Waals surface area contributed by atoms with Gasteiger partial charge in [-0.2, -0.15) is 0 Å². The third-order valence-electron chi connectivity index (χ3n) is 2.98. The van der Waals surface area contributed by atoms with Gasteiger partial charge in [-0.3, -0.25) is 0 Å². The molecule has 0 bridgehead atoms. The minimum Gasteiger partial charge on any atom is -0.395 e. The van der Waals surface area contributed by atoms with Crippen LogP contribution in [0.1, 0.15) is 19.4 Å². The Balaban J connectivity index is 2.59. The maximum Gasteiger partial charge on any atom is 0.0522 e. The predicted molar refractivity (Wildman–Crippen MR) is 71.8 cm³/mol. The van der Waals surface area contributed by atoms with Crippen LogP contribution in [0.4, 0.5) is 0 Å². The summed E-state index contributed by atoms with van der Waals surface area (Å²) < 4.78 is 1.08. The zero-order chi connectivity index (χ0) is 11.8. The van der Waals surface area contributed by atoms with E-state index in [0.29, 0.717) is 0 Å². The molecule has 0 fully saturated rings. The minimum absolute atomic E-state index is 0.159. The molecule has 0 amide bonds. The van der Waals surface area contributed by atoms with E-state index in [2.05, 4.69) is 46.3 Å². The van der Waals surface area contributed by atoms with E-state index in [-0.39, 0.29) is 12.0 Å². The number of rotatable bonds is 2. The van der Waals surface area contributed by atoms with Crippen molar-refractivity contribution in [3.63, 3.8) is 0 Å². The van der Waals surface area contributed by atoms with Crippen molar-refractivity contribution in [2.75, 3.05) is 6.61 Å².